The second kappa shape index (κ2) is 10.5. The van der Waals surface area contributed by atoms with Gasteiger partial charge >= 0.3 is 0 Å². The summed E-state index contributed by atoms with van der Waals surface area (Å²) in [4.78, 5) is 7.27. The van der Waals surface area contributed by atoms with Crippen LogP contribution in [-0.2, 0) is 6.54 Å². The second-order valence-corrected chi connectivity index (χ2v) is 9.56. The van der Waals surface area contributed by atoms with E-state index < -0.39 is 0 Å². The van der Waals surface area contributed by atoms with Gasteiger partial charge in [-0.2, -0.15) is 0 Å². The number of aliphatic imine (C=N–C) groups is 1. The van der Waals surface area contributed by atoms with Crippen molar-refractivity contribution in [3.63, 3.8) is 0 Å². The van der Waals surface area contributed by atoms with E-state index in [0.717, 1.165) is 6.54 Å². The van der Waals surface area contributed by atoms with Crippen LogP contribution in [0.5, 0.6) is 0 Å². The molecule has 7 rings (SSSR count). The van der Waals surface area contributed by atoms with Crippen molar-refractivity contribution in [1.29, 1.82) is 0 Å². The van der Waals surface area contributed by atoms with Crippen molar-refractivity contribution in [2.75, 3.05) is 0 Å². The molecule has 0 atom stereocenters. The number of H-pyrrole nitrogens is 1. The highest BCUT2D eigenvalue weighted by atomic mass is 15.0. The molecule has 0 saturated heterocycles. The second-order valence-electron chi connectivity index (χ2n) is 9.56. The Labute approximate surface area is 228 Å². The van der Waals surface area contributed by atoms with Gasteiger partial charge in [0, 0.05) is 62.4 Å². The third kappa shape index (κ3) is 4.22. The summed E-state index contributed by atoms with van der Waals surface area (Å²) in [5, 5.41) is 7.82. The fraction of sp³-hybridized carbons (Fsp3) is 0.0833. The molecule has 0 amide bonds. The van der Waals surface area contributed by atoms with E-state index in [0.29, 0.717) is 0 Å². The van der Waals surface area contributed by atoms with E-state index in [4.69, 9.17) is 0 Å². The highest BCUT2D eigenvalue weighted by Gasteiger charge is 2.16. The summed E-state index contributed by atoms with van der Waals surface area (Å²) in [6.07, 6.45) is 6.95. The zero-order valence-corrected chi connectivity index (χ0v) is 22.4. The highest BCUT2D eigenvalue weighted by molar-refractivity contribution is 6.21. The Morgan fingerprint density at radius 2 is 1.44 bits per heavy atom. The van der Waals surface area contributed by atoms with E-state index in [2.05, 4.69) is 125 Å². The van der Waals surface area contributed by atoms with Gasteiger partial charge in [-0.1, -0.05) is 79.4 Å². The average Bonchev–Trinajstić information content (AvgIpc) is 3.52. The van der Waals surface area contributed by atoms with Crippen molar-refractivity contribution in [2.24, 2.45) is 4.99 Å². The van der Waals surface area contributed by atoms with Gasteiger partial charge in [0.15, 0.2) is 0 Å². The molecule has 0 radical (unpaired) electrons. The maximum atomic E-state index is 3.71. The first-order chi connectivity index (χ1) is 19.2. The van der Waals surface area contributed by atoms with Crippen molar-refractivity contribution in [1.82, 2.24) is 9.55 Å². The molecule has 1 N–H and O–H groups in total. The summed E-state index contributed by atoms with van der Waals surface area (Å²) in [5.41, 5.74) is 7.56. The molecular weight excluding hydrogens is 474 g/mol. The minimum atomic E-state index is 0.953. The first-order valence-electron chi connectivity index (χ1n) is 13.4. The molecular formula is C36H31N3. The van der Waals surface area contributed by atoms with E-state index in [9.17, 15) is 0 Å². The maximum absolute atomic E-state index is 3.71. The molecule has 0 aliphatic rings. The average molecular weight is 506 g/mol. The van der Waals surface area contributed by atoms with Gasteiger partial charge in [0.25, 0.3) is 0 Å². The van der Waals surface area contributed by atoms with Crippen molar-refractivity contribution in [3.8, 4) is 11.1 Å². The van der Waals surface area contributed by atoms with Gasteiger partial charge in [-0.3, -0.25) is 4.99 Å². The number of fused-ring (bicyclic) bond motifs is 8. The van der Waals surface area contributed by atoms with Gasteiger partial charge in [0.2, 0.25) is 0 Å². The minimum absolute atomic E-state index is 0.953. The van der Waals surface area contributed by atoms with Crippen molar-refractivity contribution in [2.45, 2.75) is 20.4 Å². The molecule has 0 saturated carbocycles. The van der Waals surface area contributed by atoms with Crippen LogP contribution in [0.2, 0.25) is 0 Å². The Kier molecular flexibility index (Phi) is 6.56. The Bertz CT molecular complexity index is 2030. The van der Waals surface area contributed by atoms with Gasteiger partial charge in [0.05, 0.1) is 5.52 Å². The first kappa shape index (κ1) is 24.4. The topological polar surface area (TPSA) is 33.1 Å². The van der Waals surface area contributed by atoms with Crippen LogP contribution in [0.4, 0.5) is 0 Å². The molecule has 2 heterocycles. The van der Waals surface area contributed by atoms with Crippen molar-refractivity contribution in [3.05, 3.63) is 122 Å². The number of nitrogens with zero attached hydrogens (tertiary/aromatic N) is 2. The number of hydrogen-bond acceptors (Lipinski definition) is 1. The Balaban J connectivity index is 0.000000353. The van der Waals surface area contributed by atoms with E-state index in [1.54, 1.807) is 6.21 Å². The van der Waals surface area contributed by atoms with Crippen LogP contribution in [0.15, 0.2) is 127 Å². The highest BCUT2D eigenvalue weighted by Crippen LogP contribution is 2.40. The van der Waals surface area contributed by atoms with Crippen LogP contribution in [0.3, 0.4) is 0 Å². The van der Waals surface area contributed by atoms with Gasteiger partial charge in [-0.25, -0.2) is 0 Å². The molecule has 0 bridgehead atoms. The standard InChI is InChI=1S/C30H22N2.C6H9N/c1-2-32-29-14-8-6-11-22(29)26-18-24(20-9-3-4-12-23(20)30(26)32)19-15-16-28-25(17-19)21-10-5-7-13-27(21)31-28;1-3-5-6-7-4-2/h3-18,31H,2H2,1H3;3-6H,2H2,1H3/b;5-3-,7-6?. The Morgan fingerprint density at radius 1 is 0.744 bits per heavy atom. The van der Waals surface area contributed by atoms with Gasteiger partial charge in [-0.15, -0.1) is 0 Å². The van der Waals surface area contributed by atoms with Gasteiger partial charge in [0.1, 0.15) is 0 Å². The molecule has 39 heavy (non-hydrogen) atoms. The number of para-hydroxylation sites is 2. The van der Waals surface area contributed by atoms with E-state index in [-0.39, 0.29) is 0 Å². The molecule has 3 nitrogen and oxygen atoms in total. The lowest BCUT2D eigenvalue weighted by Gasteiger charge is -2.12. The molecule has 0 aliphatic heterocycles. The smallest absolute Gasteiger partial charge is 0.0571 e. The number of hydrogen-bond donors (Lipinski definition) is 1. The summed E-state index contributed by atoms with van der Waals surface area (Å²) in [7, 11) is 0. The van der Waals surface area contributed by atoms with Crippen LogP contribution in [0, 0.1) is 0 Å². The predicted molar refractivity (Wildman–Crippen MR) is 171 cm³/mol. The molecule has 0 aliphatic carbocycles. The zero-order valence-electron chi connectivity index (χ0n) is 22.4. The van der Waals surface area contributed by atoms with E-state index >= 15 is 0 Å². The molecule has 190 valence electrons. The quantitative estimate of drug-likeness (QED) is 0.231. The minimum Gasteiger partial charge on any atom is -0.355 e. The molecule has 2 aromatic heterocycles. The lowest BCUT2D eigenvalue weighted by atomic mass is 9.94. The van der Waals surface area contributed by atoms with Gasteiger partial charge in [-0.05, 0) is 66.8 Å². The van der Waals surface area contributed by atoms with Crippen LogP contribution < -0.4 is 0 Å². The summed E-state index contributed by atoms with van der Waals surface area (Å²) >= 11 is 0. The van der Waals surface area contributed by atoms with Crippen LogP contribution in [0.1, 0.15) is 13.8 Å². The number of aryl methyl sites for hydroxylation is 1. The zero-order chi connectivity index (χ0) is 26.8. The fourth-order valence-electron chi connectivity index (χ4n) is 5.69. The summed E-state index contributed by atoms with van der Waals surface area (Å²) in [5.74, 6) is 0. The number of rotatable bonds is 4. The lowest BCUT2D eigenvalue weighted by Crippen LogP contribution is -1.94. The van der Waals surface area contributed by atoms with Crippen LogP contribution in [0.25, 0.3) is 65.5 Å². The molecule has 7 aromatic rings. The van der Waals surface area contributed by atoms with E-state index in [1.165, 1.54) is 71.7 Å². The Hall–Kier alpha value is -4.89. The molecule has 0 fully saturated rings. The molecule has 0 spiro atoms. The third-order valence-corrected chi connectivity index (χ3v) is 7.37. The van der Waals surface area contributed by atoms with Crippen molar-refractivity contribution >= 4 is 60.6 Å². The Morgan fingerprint density at radius 3 is 2.21 bits per heavy atom. The van der Waals surface area contributed by atoms with Gasteiger partial charge < -0.3 is 9.55 Å². The number of allylic oxidation sites excluding steroid dienone is 2. The van der Waals surface area contributed by atoms with Crippen LogP contribution >= 0.6 is 0 Å². The number of aromatic nitrogens is 2. The molecule has 0 unspecified atom stereocenters. The largest absolute Gasteiger partial charge is 0.355 e. The monoisotopic (exact) mass is 505 g/mol. The summed E-state index contributed by atoms with van der Waals surface area (Å²) in [6.45, 7) is 8.53. The summed E-state index contributed by atoms with van der Waals surface area (Å²) < 4.78 is 2.46. The van der Waals surface area contributed by atoms with Crippen LogP contribution in [-0.4, -0.2) is 15.8 Å². The summed E-state index contributed by atoms with van der Waals surface area (Å²) in [6, 6.07) is 35.4. The number of benzene rings is 5. The maximum Gasteiger partial charge on any atom is 0.0571 e. The lowest BCUT2D eigenvalue weighted by molar-refractivity contribution is 0.829. The van der Waals surface area contributed by atoms with E-state index in [1.807, 2.05) is 19.1 Å². The fourth-order valence-corrected chi connectivity index (χ4v) is 5.69. The van der Waals surface area contributed by atoms with Crippen molar-refractivity contribution < 1.29 is 0 Å². The first-order valence-corrected chi connectivity index (χ1v) is 13.4. The number of aromatic amines is 1. The SMILES string of the molecule is C=CN=C/C=C\C.CCn1c2ccccc2c2cc(-c3ccc4[nH]c5ccccc5c4c3)c3ccccc3c21. The third-order valence-electron chi connectivity index (χ3n) is 7.37. The molecule has 3 heteroatoms. The predicted octanol–water partition coefficient (Wildman–Crippen LogP) is 10.0. The number of nitrogens with one attached hydrogen (secondary N) is 1. The molecule has 5 aromatic carbocycles. The normalized spacial score (nSPS) is 11.8.